The van der Waals surface area contributed by atoms with Crippen LogP contribution in [0.4, 0.5) is 5.69 Å². The molecule has 1 atom stereocenters. The Morgan fingerprint density at radius 3 is 2.23 bits per heavy atom. The molecule has 1 aliphatic rings. The summed E-state index contributed by atoms with van der Waals surface area (Å²) in [7, 11) is 5.51. The van der Waals surface area contributed by atoms with Crippen LogP contribution in [0, 0.1) is 11.3 Å². The normalized spacial score (nSPS) is 18.5. The predicted molar refractivity (Wildman–Crippen MR) is 104 cm³/mol. The molecular formula is C21H28BNO3. The van der Waals surface area contributed by atoms with Crippen molar-refractivity contribution in [2.75, 3.05) is 4.90 Å². The first-order valence-corrected chi connectivity index (χ1v) is 9.27. The van der Waals surface area contributed by atoms with Crippen molar-refractivity contribution >= 4 is 31.0 Å². The van der Waals surface area contributed by atoms with Gasteiger partial charge in [-0.1, -0.05) is 53.2 Å². The van der Waals surface area contributed by atoms with Gasteiger partial charge in [0.1, 0.15) is 0 Å². The largest absolute Gasteiger partial charge is 0.312 e. The zero-order valence-electron chi connectivity index (χ0n) is 16.5. The van der Waals surface area contributed by atoms with Gasteiger partial charge >= 0.3 is 0 Å². The summed E-state index contributed by atoms with van der Waals surface area (Å²) in [6.45, 7) is 9.85. The van der Waals surface area contributed by atoms with Crippen LogP contribution in [0.2, 0.25) is 0 Å². The van der Waals surface area contributed by atoms with Crippen molar-refractivity contribution in [1.29, 1.82) is 0 Å². The molecule has 1 unspecified atom stereocenters. The first-order valence-electron chi connectivity index (χ1n) is 9.27. The lowest BCUT2D eigenvalue weighted by Crippen LogP contribution is -2.33. The Morgan fingerprint density at radius 2 is 1.73 bits per heavy atom. The van der Waals surface area contributed by atoms with Crippen molar-refractivity contribution in [1.82, 2.24) is 0 Å². The van der Waals surface area contributed by atoms with E-state index in [2.05, 4.69) is 13.8 Å². The summed E-state index contributed by atoms with van der Waals surface area (Å²) in [4.78, 5) is 37.7. The maximum Gasteiger partial charge on any atom is 0.237 e. The minimum atomic E-state index is -0.615. The van der Waals surface area contributed by atoms with Gasteiger partial charge in [-0.15, -0.1) is 0 Å². The fraction of sp³-hybridized carbons (Fsp3) is 0.571. The number of imide groups is 1. The fourth-order valence-corrected chi connectivity index (χ4v) is 3.90. The van der Waals surface area contributed by atoms with Crippen molar-refractivity contribution in [3.05, 3.63) is 29.8 Å². The highest BCUT2D eigenvalue weighted by molar-refractivity contribution is 6.58. The van der Waals surface area contributed by atoms with E-state index in [0.29, 0.717) is 18.5 Å². The Balaban J connectivity index is 2.21. The summed E-state index contributed by atoms with van der Waals surface area (Å²) in [6.07, 6.45) is 2.54. The molecule has 2 amide bonds. The average Bonchev–Trinajstić information content (AvgIpc) is 2.81. The molecule has 0 bridgehead atoms. The number of carbonyl (C=O) groups is 3. The van der Waals surface area contributed by atoms with Crippen LogP contribution >= 0.6 is 0 Å². The quantitative estimate of drug-likeness (QED) is 0.554. The van der Waals surface area contributed by atoms with Crippen LogP contribution in [-0.4, -0.2) is 25.3 Å². The monoisotopic (exact) mass is 353 g/mol. The Bertz CT molecular complexity index is 706. The Kier molecular flexibility index (Phi) is 5.79. The average molecular weight is 353 g/mol. The lowest BCUT2D eigenvalue weighted by atomic mass is 9.66. The Hall–Kier alpha value is -1.91. The molecule has 5 heteroatoms. The van der Waals surface area contributed by atoms with Gasteiger partial charge in [-0.25, -0.2) is 0 Å². The number of amides is 2. The maximum atomic E-state index is 12.5. The van der Waals surface area contributed by atoms with Gasteiger partial charge in [0.25, 0.3) is 0 Å². The number of anilines is 1. The van der Waals surface area contributed by atoms with Gasteiger partial charge in [-0.2, -0.15) is 0 Å². The van der Waals surface area contributed by atoms with Gasteiger partial charge in [0.2, 0.25) is 11.8 Å². The van der Waals surface area contributed by atoms with Crippen LogP contribution in [0.3, 0.4) is 0 Å². The van der Waals surface area contributed by atoms with E-state index in [1.807, 2.05) is 45.0 Å². The lowest BCUT2D eigenvalue weighted by Gasteiger charge is -2.34. The van der Waals surface area contributed by atoms with Crippen LogP contribution in [0.1, 0.15) is 65.9 Å². The van der Waals surface area contributed by atoms with E-state index in [0.717, 1.165) is 18.4 Å². The van der Waals surface area contributed by atoms with Gasteiger partial charge in [-0.3, -0.25) is 14.5 Å². The van der Waals surface area contributed by atoms with Crippen molar-refractivity contribution in [2.45, 2.75) is 65.7 Å². The van der Waals surface area contributed by atoms with E-state index in [1.54, 1.807) is 0 Å². The third-order valence-electron chi connectivity index (χ3n) is 5.34. The molecule has 1 fully saturated rings. The standard InChI is InChI=1S/C21H28BNO3/c1-6-7-14-12-17(24)23(18(14)25)16-10-8-15(9-11-16)20(2,3)13-21(4,5)19(22)26/h8-11,14H,6-7,12-13H2,1-5H3. The van der Waals surface area contributed by atoms with Gasteiger partial charge < -0.3 is 4.79 Å². The second kappa shape index (κ2) is 7.38. The summed E-state index contributed by atoms with van der Waals surface area (Å²) < 4.78 is 0. The third-order valence-corrected chi connectivity index (χ3v) is 5.34. The molecule has 4 nitrogen and oxygen atoms in total. The summed E-state index contributed by atoms with van der Waals surface area (Å²) in [5, 5.41) is 0. The molecule has 1 aromatic rings. The first kappa shape index (κ1) is 20.4. The van der Waals surface area contributed by atoms with Gasteiger partial charge in [0.15, 0.2) is 7.85 Å². The smallest absolute Gasteiger partial charge is 0.237 e. The summed E-state index contributed by atoms with van der Waals surface area (Å²) in [5.41, 5.74) is 0.460. The van der Waals surface area contributed by atoms with Gasteiger partial charge in [0, 0.05) is 17.8 Å². The van der Waals surface area contributed by atoms with E-state index in [1.165, 1.54) is 4.90 Å². The molecule has 0 aliphatic carbocycles. The molecule has 2 radical (unpaired) electrons. The topological polar surface area (TPSA) is 54.5 Å². The molecule has 1 aromatic carbocycles. The second-order valence-corrected chi connectivity index (χ2v) is 8.61. The molecule has 0 spiro atoms. The molecule has 1 saturated heterocycles. The fourth-order valence-electron chi connectivity index (χ4n) is 3.90. The maximum absolute atomic E-state index is 12.5. The Morgan fingerprint density at radius 1 is 1.15 bits per heavy atom. The van der Waals surface area contributed by atoms with E-state index in [-0.39, 0.29) is 28.8 Å². The lowest BCUT2D eigenvalue weighted by molar-refractivity contribution is -0.122. The van der Waals surface area contributed by atoms with E-state index < -0.39 is 5.41 Å². The first-order chi connectivity index (χ1) is 12.0. The molecule has 1 aliphatic heterocycles. The predicted octanol–water partition coefficient (Wildman–Crippen LogP) is 3.76. The Labute approximate surface area is 157 Å². The SMILES string of the molecule is [B]C(=O)C(C)(C)CC(C)(C)c1ccc(N2C(=O)CC(CCC)C2=O)cc1. The van der Waals surface area contributed by atoms with E-state index >= 15 is 0 Å². The molecule has 1 heterocycles. The highest BCUT2D eigenvalue weighted by atomic mass is 16.2. The third kappa shape index (κ3) is 4.08. The summed E-state index contributed by atoms with van der Waals surface area (Å²) in [6, 6.07) is 7.50. The summed E-state index contributed by atoms with van der Waals surface area (Å²) in [5.74, 6) is -0.422. The van der Waals surface area contributed by atoms with E-state index in [4.69, 9.17) is 7.85 Å². The van der Waals surface area contributed by atoms with Crippen LogP contribution in [-0.2, 0) is 19.8 Å². The van der Waals surface area contributed by atoms with Crippen LogP contribution in [0.15, 0.2) is 24.3 Å². The van der Waals surface area contributed by atoms with Crippen LogP contribution < -0.4 is 4.90 Å². The molecule has 0 N–H and O–H groups in total. The number of nitrogens with zero attached hydrogens (tertiary/aromatic N) is 1. The second-order valence-electron chi connectivity index (χ2n) is 8.61. The molecule has 0 saturated carbocycles. The highest BCUT2D eigenvalue weighted by Crippen LogP contribution is 2.38. The van der Waals surface area contributed by atoms with Crippen molar-refractivity contribution in [2.24, 2.45) is 11.3 Å². The minimum Gasteiger partial charge on any atom is -0.312 e. The number of hydrogen-bond acceptors (Lipinski definition) is 3. The number of hydrogen-bond donors (Lipinski definition) is 0. The highest BCUT2D eigenvalue weighted by Gasteiger charge is 2.39. The van der Waals surface area contributed by atoms with Gasteiger partial charge in [-0.05, 0) is 36.0 Å². The number of rotatable bonds is 7. The minimum absolute atomic E-state index is 0.0984. The van der Waals surface area contributed by atoms with Crippen LogP contribution in [0.5, 0.6) is 0 Å². The van der Waals surface area contributed by atoms with E-state index in [9.17, 15) is 14.4 Å². The van der Waals surface area contributed by atoms with Crippen molar-refractivity contribution in [3.8, 4) is 0 Å². The van der Waals surface area contributed by atoms with Crippen molar-refractivity contribution < 1.29 is 14.4 Å². The number of carbonyl (C=O) groups excluding carboxylic acids is 3. The zero-order valence-corrected chi connectivity index (χ0v) is 16.5. The molecular weight excluding hydrogens is 325 g/mol. The van der Waals surface area contributed by atoms with Crippen molar-refractivity contribution in [3.63, 3.8) is 0 Å². The van der Waals surface area contributed by atoms with Crippen LogP contribution in [0.25, 0.3) is 0 Å². The molecule has 26 heavy (non-hydrogen) atoms. The molecule has 0 aromatic heterocycles. The zero-order chi connectivity index (χ0) is 19.7. The van der Waals surface area contributed by atoms with Gasteiger partial charge in [0.05, 0.1) is 11.4 Å². The number of benzene rings is 1. The summed E-state index contributed by atoms with van der Waals surface area (Å²) >= 11 is 0. The molecule has 2 rings (SSSR count). The molecule has 138 valence electrons.